The third-order valence-corrected chi connectivity index (χ3v) is 6.03. The van der Waals surface area contributed by atoms with E-state index in [4.69, 9.17) is 25.3 Å². The highest BCUT2D eigenvalue weighted by molar-refractivity contribution is 7.86. The predicted molar refractivity (Wildman–Crippen MR) is 103 cm³/mol. The summed E-state index contributed by atoms with van der Waals surface area (Å²) in [7, 11) is -3.90. The first kappa shape index (κ1) is 20.3. The van der Waals surface area contributed by atoms with Crippen LogP contribution in [0.2, 0.25) is 5.02 Å². The van der Waals surface area contributed by atoms with Gasteiger partial charge in [0.2, 0.25) is 0 Å². The molecular weight excluding hydrogens is 388 g/mol. The van der Waals surface area contributed by atoms with E-state index in [1.165, 1.54) is 12.1 Å². The van der Waals surface area contributed by atoms with Crippen LogP contribution >= 0.6 is 11.6 Å². The van der Waals surface area contributed by atoms with E-state index in [0.29, 0.717) is 17.2 Å². The molecule has 0 aliphatic carbocycles. The van der Waals surface area contributed by atoms with Crippen LogP contribution in [0.1, 0.15) is 36.5 Å². The van der Waals surface area contributed by atoms with E-state index in [2.05, 4.69) is 0 Å². The van der Waals surface area contributed by atoms with Crippen molar-refractivity contribution in [3.05, 3.63) is 64.7 Å². The molecule has 2 atom stereocenters. The highest BCUT2D eigenvalue weighted by atomic mass is 35.5. The minimum Gasteiger partial charge on any atom is -0.353 e. The summed E-state index contributed by atoms with van der Waals surface area (Å²) in [5, 5.41) is 0.495. The van der Waals surface area contributed by atoms with Crippen molar-refractivity contribution in [1.82, 2.24) is 0 Å². The smallest absolute Gasteiger partial charge is 0.297 e. The van der Waals surface area contributed by atoms with Crippen molar-refractivity contribution in [3.8, 4) is 0 Å². The molecule has 5 nitrogen and oxygen atoms in total. The van der Waals surface area contributed by atoms with Crippen LogP contribution < -0.4 is 0 Å². The third-order valence-electron chi connectivity index (χ3n) is 4.39. The molecule has 0 saturated carbocycles. The maximum atomic E-state index is 12.5. The highest BCUT2D eigenvalue weighted by Gasteiger charge is 2.26. The van der Waals surface area contributed by atoms with Crippen molar-refractivity contribution in [2.24, 2.45) is 0 Å². The van der Waals surface area contributed by atoms with Gasteiger partial charge >= 0.3 is 0 Å². The molecule has 27 heavy (non-hydrogen) atoms. The average Bonchev–Trinajstić information content (AvgIpc) is 2.67. The standard InChI is InChI=1S/C20H23ClO5S/c1-15-9-11-16(12-10-15)27(22,23)25-14-19(17-6-2-3-7-18(17)21)26-20-8-4-5-13-24-20/h2-3,6-7,9-12,19-20H,4-5,8,13-14H2,1H3. The fourth-order valence-electron chi connectivity index (χ4n) is 2.86. The number of halogens is 1. The van der Waals surface area contributed by atoms with Crippen LogP contribution in [0.4, 0.5) is 0 Å². The van der Waals surface area contributed by atoms with Gasteiger partial charge in [-0.25, -0.2) is 0 Å². The second-order valence-corrected chi connectivity index (χ2v) is 8.52. The van der Waals surface area contributed by atoms with E-state index < -0.39 is 22.5 Å². The van der Waals surface area contributed by atoms with Gasteiger partial charge < -0.3 is 9.47 Å². The number of benzene rings is 2. The molecule has 1 aliphatic heterocycles. The lowest BCUT2D eigenvalue weighted by atomic mass is 10.1. The minimum atomic E-state index is -3.90. The van der Waals surface area contributed by atoms with Gasteiger partial charge in [-0.15, -0.1) is 0 Å². The van der Waals surface area contributed by atoms with Crippen LogP contribution in [-0.2, 0) is 23.8 Å². The van der Waals surface area contributed by atoms with Crippen LogP contribution in [-0.4, -0.2) is 27.9 Å². The molecular formula is C20H23ClO5S. The maximum absolute atomic E-state index is 12.5. The molecule has 1 saturated heterocycles. The molecule has 0 N–H and O–H groups in total. The van der Waals surface area contributed by atoms with Gasteiger partial charge in [0.1, 0.15) is 6.10 Å². The lowest BCUT2D eigenvalue weighted by Gasteiger charge is -2.28. The molecule has 146 valence electrons. The van der Waals surface area contributed by atoms with E-state index in [-0.39, 0.29) is 11.5 Å². The summed E-state index contributed by atoms with van der Waals surface area (Å²) >= 11 is 6.30. The molecule has 1 heterocycles. The van der Waals surface area contributed by atoms with E-state index in [9.17, 15) is 8.42 Å². The number of aryl methyl sites for hydroxylation is 1. The topological polar surface area (TPSA) is 61.8 Å². The van der Waals surface area contributed by atoms with Crippen molar-refractivity contribution in [2.75, 3.05) is 13.2 Å². The van der Waals surface area contributed by atoms with Crippen LogP contribution in [0.15, 0.2) is 53.4 Å². The van der Waals surface area contributed by atoms with Gasteiger partial charge in [-0.3, -0.25) is 4.18 Å². The van der Waals surface area contributed by atoms with E-state index in [0.717, 1.165) is 24.8 Å². The summed E-state index contributed by atoms with van der Waals surface area (Å²) in [6, 6.07) is 13.7. The largest absolute Gasteiger partial charge is 0.353 e. The van der Waals surface area contributed by atoms with Gasteiger partial charge in [-0.05, 0) is 44.4 Å². The number of rotatable bonds is 7. The Labute approximate surface area is 165 Å². The fourth-order valence-corrected chi connectivity index (χ4v) is 4.03. The average molecular weight is 411 g/mol. The Morgan fingerprint density at radius 2 is 1.89 bits per heavy atom. The predicted octanol–water partition coefficient (Wildman–Crippen LogP) is 4.64. The second kappa shape index (κ2) is 9.17. The van der Waals surface area contributed by atoms with Crippen LogP contribution in [0.5, 0.6) is 0 Å². The van der Waals surface area contributed by atoms with Gasteiger partial charge in [0.15, 0.2) is 6.29 Å². The van der Waals surface area contributed by atoms with Crippen molar-refractivity contribution >= 4 is 21.7 Å². The van der Waals surface area contributed by atoms with E-state index in [1.807, 2.05) is 19.1 Å². The summed E-state index contributed by atoms with van der Waals surface area (Å²) < 4.78 is 42.0. The van der Waals surface area contributed by atoms with Gasteiger partial charge in [-0.2, -0.15) is 8.42 Å². The monoisotopic (exact) mass is 410 g/mol. The molecule has 7 heteroatoms. The first-order valence-electron chi connectivity index (χ1n) is 8.93. The van der Waals surface area contributed by atoms with Gasteiger partial charge in [0.25, 0.3) is 10.1 Å². The summed E-state index contributed by atoms with van der Waals surface area (Å²) in [6.07, 6.45) is 1.70. The molecule has 0 bridgehead atoms. The Hall–Kier alpha value is -1.44. The molecule has 0 radical (unpaired) electrons. The second-order valence-electron chi connectivity index (χ2n) is 6.49. The highest BCUT2D eigenvalue weighted by Crippen LogP contribution is 2.30. The van der Waals surface area contributed by atoms with Crippen LogP contribution in [0.3, 0.4) is 0 Å². The number of hydrogen-bond donors (Lipinski definition) is 0. The van der Waals surface area contributed by atoms with Crippen molar-refractivity contribution < 1.29 is 22.1 Å². The van der Waals surface area contributed by atoms with E-state index in [1.54, 1.807) is 24.3 Å². The van der Waals surface area contributed by atoms with Crippen molar-refractivity contribution in [1.29, 1.82) is 0 Å². The Balaban J connectivity index is 1.76. The minimum absolute atomic E-state index is 0.111. The van der Waals surface area contributed by atoms with Crippen molar-refractivity contribution in [3.63, 3.8) is 0 Å². The zero-order chi connectivity index (χ0) is 19.3. The summed E-state index contributed by atoms with van der Waals surface area (Å²) in [4.78, 5) is 0.111. The molecule has 2 aromatic rings. The zero-order valence-corrected chi connectivity index (χ0v) is 16.7. The maximum Gasteiger partial charge on any atom is 0.297 e. The first-order valence-corrected chi connectivity index (χ1v) is 10.7. The Morgan fingerprint density at radius 3 is 2.56 bits per heavy atom. The summed E-state index contributed by atoms with van der Waals surface area (Å²) in [5.74, 6) is 0. The normalized spacial score (nSPS) is 19.0. The molecule has 0 amide bonds. The van der Waals surface area contributed by atoms with E-state index >= 15 is 0 Å². The van der Waals surface area contributed by atoms with Gasteiger partial charge in [0.05, 0.1) is 11.5 Å². The number of ether oxygens (including phenoxy) is 2. The van der Waals surface area contributed by atoms with Crippen LogP contribution in [0, 0.1) is 6.92 Å². The van der Waals surface area contributed by atoms with Gasteiger partial charge in [0, 0.05) is 17.2 Å². The zero-order valence-electron chi connectivity index (χ0n) is 15.1. The molecule has 1 fully saturated rings. The summed E-state index contributed by atoms with van der Waals surface area (Å²) in [6.45, 7) is 2.34. The summed E-state index contributed by atoms with van der Waals surface area (Å²) in [5.41, 5.74) is 1.65. The lowest BCUT2D eigenvalue weighted by Crippen LogP contribution is -2.27. The van der Waals surface area contributed by atoms with Crippen LogP contribution in [0.25, 0.3) is 0 Å². The molecule has 2 aromatic carbocycles. The molecule has 0 spiro atoms. The fraction of sp³-hybridized carbons (Fsp3) is 0.400. The van der Waals surface area contributed by atoms with Gasteiger partial charge in [-0.1, -0.05) is 47.5 Å². The molecule has 2 unspecified atom stereocenters. The Bertz CT molecular complexity index is 845. The third kappa shape index (κ3) is 5.53. The molecule has 3 rings (SSSR count). The molecule has 0 aromatic heterocycles. The SMILES string of the molecule is Cc1ccc(S(=O)(=O)OCC(OC2CCCCO2)c2ccccc2Cl)cc1. The number of hydrogen-bond acceptors (Lipinski definition) is 5. The Morgan fingerprint density at radius 1 is 1.15 bits per heavy atom. The molecule has 1 aliphatic rings. The van der Waals surface area contributed by atoms with Crippen molar-refractivity contribution in [2.45, 2.75) is 43.5 Å². The Kier molecular flexibility index (Phi) is 6.89. The first-order chi connectivity index (χ1) is 13.0. The quantitative estimate of drug-likeness (QED) is 0.622. The lowest BCUT2D eigenvalue weighted by molar-refractivity contribution is -0.195.